The molecule has 0 heterocycles. The Morgan fingerprint density at radius 3 is 2.58 bits per heavy atom. The number of allylic oxidation sites excluding steroid dienone is 4. The van der Waals surface area contributed by atoms with Gasteiger partial charge in [-0.05, 0) is 74.3 Å². The van der Waals surface area contributed by atoms with Gasteiger partial charge in [-0.15, -0.1) is 0 Å². The molecule has 0 bridgehead atoms. The smallest absolute Gasteiger partial charge is 0.253 e. The topological polar surface area (TPSA) is 95.9 Å². The number of benzene rings is 1. The summed E-state index contributed by atoms with van der Waals surface area (Å²) in [7, 11) is 1.59. The Kier molecular flexibility index (Phi) is 5.76. The first kappa shape index (κ1) is 25.2. The van der Waals surface area contributed by atoms with Crippen LogP contribution >= 0.6 is 0 Å². The summed E-state index contributed by atoms with van der Waals surface area (Å²) in [6.45, 7) is 5.69. The fourth-order valence-electron chi connectivity index (χ4n) is 8.09. The number of amides is 1. The van der Waals surface area contributed by atoms with E-state index >= 15 is 4.39 Å². The van der Waals surface area contributed by atoms with Crippen LogP contribution in [0, 0.1) is 28.6 Å². The van der Waals surface area contributed by atoms with E-state index < -0.39 is 45.9 Å². The maximum atomic E-state index is 17.2. The maximum absolute atomic E-state index is 17.2. The largest absolute Gasteiger partial charge is 0.497 e. The van der Waals surface area contributed by atoms with Crippen LogP contribution in [0.4, 0.5) is 4.39 Å². The van der Waals surface area contributed by atoms with E-state index in [1.807, 2.05) is 38.1 Å². The van der Waals surface area contributed by atoms with Gasteiger partial charge in [-0.25, -0.2) is 4.39 Å². The molecule has 3 fully saturated rings. The zero-order valence-electron chi connectivity index (χ0n) is 21.4. The van der Waals surface area contributed by atoms with Crippen LogP contribution in [-0.4, -0.2) is 46.4 Å². The Morgan fingerprint density at radius 2 is 1.92 bits per heavy atom. The van der Waals surface area contributed by atoms with Gasteiger partial charge in [-0.3, -0.25) is 9.59 Å². The lowest BCUT2D eigenvalue weighted by Crippen LogP contribution is -2.70. The highest BCUT2D eigenvalue weighted by Gasteiger charge is 2.75. The first-order valence-electron chi connectivity index (χ1n) is 12.9. The van der Waals surface area contributed by atoms with Crippen molar-refractivity contribution in [2.24, 2.45) is 28.6 Å². The highest BCUT2D eigenvalue weighted by atomic mass is 19.1. The number of carbonyl (C=O) groups is 2. The van der Waals surface area contributed by atoms with Crippen molar-refractivity contribution in [2.45, 2.75) is 70.4 Å². The van der Waals surface area contributed by atoms with Crippen LogP contribution in [0.25, 0.3) is 0 Å². The monoisotopic (exact) mass is 497 g/mol. The van der Waals surface area contributed by atoms with Gasteiger partial charge in [0.2, 0.25) is 0 Å². The quantitative estimate of drug-likeness (QED) is 0.590. The number of methoxy groups -OCH3 is 1. The second-order valence-electron chi connectivity index (χ2n) is 11.7. The minimum atomic E-state index is -1.98. The van der Waals surface area contributed by atoms with Crippen molar-refractivity contribution in [3.63, 3.8) is 0 Å². The van der Waals surface area contributed by atoms with Crippen LogP contribution in [-0.2, 0) is 16.1 Å². The van der Waals surface area contributed by atoms with E-state index in [0.29, 0.717) is 25.0 Å². The van der Waals surface area contributed by atoms with Gasteiger partial charge in [0, 0.05) is 23.3 Å². The minimum absolute atomic E-state index is 0.0356. The van der Waals surface area contributed by atoms with Crippen molar-refractivity contribution in [3.8, 4) is 5.75 Å². The molecule has 8 atom stereocenters. The number of hydrogen-bond donors (Lipinski definition) is 3. The summed E-state index contributed by atoms with van der Waals surface area (Å²) in [4.78, 5) is 25.6. The standard InChI is InChI=1S/C29H36FNO5/c1-17-13-23-22-10-7-19-14-20(32)11-12-26(19,2)28(22,30)24(33)15-27(23,3)29(17,35)25(34)31-16-18-5-8-21(36-4)9-6-18/h5-6,8-9,11-12,14,17,22-24,33,35H,7,10,13,15-16H2,1-4H3,(H,31,34)/t17-,22+,23+,24+,26+,27+,28+,29+/m1/s1. The molecule has 6 nitrogen and oxygen atoms in total. The van der Waals surface area contributed by atoms with Crippen LogP contribution in [0.1, 0.15) is 52.0 Å². The SMILES string of the molecule is COc1ccc(CNC(=O)[C@@]2(O)[C@H](C)C[C@H]3[C@@H]4CCC5=CC(=O)C=C[C@]5(C)[C@@]4(F)[C@@H](O)C[C@@]32C)cc1. The average Bonchev–Trinajstić information content (AvgIpc) is 3.05. The van der Waals surface area contributed by atoms with Gasteiger partial charge < -0.3 is 20.3 Å². The number of hydrogen-bond acceptors (Lipinski definition) is 5. The maximum Gasteiger partial charge on any atom is 0.253 e. The number of ketones is 1. The summed E-state index contributed by atoms with van der Waals surface area (Å²) in [5.41, 5.74) is -4.24. The van der Waals surface area contributed by atoms with E-state index in [1.54, 1.807) is 20.1 Å². The lowest BCUT2D eigenvalue weighted by molar-refractivity contribution is -0.219. The second-order valence-corrected chi connectivity index (χ2v) is 11.7. The Balaban J connectivity index is 1.44. The van der Waals surface area contributed by atoms with Crippen LogP contribution in [0.5, 0.6) is 5.75 Å². The number of carbonyl (C=O) groups excluding carboxylic acids is 2. The third-order valence-electron chi connectivity index (χ3n) is 10.2. The lowest BCUT2D eigenvalue weighted by atomic mass is 9.44. The first-order chi connectivity index (χ1) is 16.9. The zero-order chi connectivity index (χ0) is 26.1. The van der Waals surface area contributed by atoms with Crippen molar-refractivity contribution >= 4 is 11.7 Å². The van der Waals surface area contributed by atoms with Gasteiger partial charge in [0.05, 0.1) is 13.2 Å². The molecule has 7 heteroatoms. The molecule has 0 unspecified atom stereocenters. The number of aliphatic hydroxyl groups is 2. The number of halogens is 1. The van der Waals surface area contributed by atoms with Crippen molar-refractivity contribution in [1.82, 2.24) is 5.32 Å². The normalized spacial score (nSPS) is 43.2. The number of rotatable bonds is 4. The van der Waals surface area contributed by atoms with Gasteiger partial charge in [-0.1, -0.05) is 37.6 Å². The minimum Gasteiger partial charge on any atom is -0.497 e. The second kappa shape index (κ2) is 8.25. The van der Waals surface area contributed by atoms with Crippen LogP contribution in [0.2, 0.25) is 0 Å². The molecule has 0 radical (unpaired) electrons. The molecule has 36 heavy (non-hydrogen) atoms. The molecule has 0 aromatic heterocycles. The van der Waals surface area contributed by atoms with Gasteiger partial charge in [-0.2, -0.15) is 0 Å². The molecular formula is C29H36FNO5. The van der Waals surface area contributed by atoms with Gasteiger partial charge >= 0.3 is 0 Å². The van der Waals surface area contributed by atoms with Crippen LogP contribution in [0.3, 0.4) is 0 Å². The summed E-state index contributed by atoms with van der Waals surface area (Å²) >= 11 is 0. The molecule has 5 rings (SSSR count). The van der Waals surface area contributed by atoms with Crippen molar-refractivity contribution in [3.05, 3.63) is 53.6 Å². The lowest BCUT2D eigenvalue weighted by Gasteiger charge is -2.62. The molecule has 3 saturated carbocycles. The molecule has 194 valence electrons. The fourth-order valence-corrected chi connectivity index (χ4v) is 8.09. The van der Waals surface area contributed by atoms with Crippen LogP contribution in [0.15, 0.2) is 48.1 Å². The molecule has 0 saturated heterocycles. The van der Waals surface area contributed by atoms with Crippen LogP contribution < -0.4 is 10.1 Å². The predicted molar refractivity (Wildman–Crippen MR) is 133 cm³/mol. The molecule has 1 aromatic carbocycles. The molecule has 4 aliphatic carbocycles. The Morgan fingerprint density at radius 1 is 1.22 bits per heavy atom. The first-order valence-corrected chi connectivity index (χ1v) is 12.9. The van der Waals surface area contributed by atoms with E-state index in [9.17, 15) is 19.8 Å². The summed E-state index contributed by atoms with van der Waals surface area (Å²) in [5, 5.41) is 26.4. The average molecular weight is 498 g/mol. The number of ether oxygens (including phenoxy) is 1. The summed E-state index contributed by atoms with van der Waals surface area (Å²) in [6.07, 6.45) is 4.61. The van der Waals surface area contributed by atoms with Crippen molar-refractivity contribution in [2.75, 3.05) is 7.11 Å². The number of aliphatic hydroxyl groups excluding tert-OH is 1. The Bertz CT molecular complexity index is 1150. The molecule has 3 N–H and O–H groups in total. The molecule has 0 aliphatic heterocycles. The Hall–Kier alpha value is -2.51. The summed E-state index contributed by atoms with van der Waals surface area (Å²) in [5.74, 6) is -1.17. The Labute approximate surface area is 211 Å². The van der Waals surface area contributed by atoms with Crippen molar-refractivity contribution in [1.29, 1.82) is 0 Å². The highest BCUT2D eigenvalue weighted by molar-refractivity contribution is 6.01. The number of alkyl halides is 1. The van der Waals surface area contributed by atoms with E-state index in [4.69, 9.17) is 4.74 Å². The molecule has 4 aliphatic rings. The third kappa shape index (κ3) is 3.14. The van der Waals surface area contributed by atoms with Gasteiger partial charge in [0.15, 0.2) is 17.1 Å². The third-order valence-corrected chi connectivity index (χ3v) is 10.2. The molecular weight excluding hydrogens is 461 g/mol. The number of fused-ring (bicyclic) bond motifs is 5. The molecule has 0 spiro atoms. The van der Waals surface area contributed by atoms with Gasteiger partial charge in [0.1, 0.15) is 5.75 Å². The van der Waals surface area contributed by atoms with E-state index in [0.717, 1.165) is 11.1 Å². The van der Waals surface area contributed by atoms with Gasteiger partial charge in [0.25, 0.3) is 5.91 Å². The fraction of sp³-hybridized carbons (Fsp3) is 0.586. The highest BCUT2D eigenvalue weighted by Crippen LogP contribution is 2.70. The zero-order valence-corrected chi connectivity index (χ0v) is 21.4. The van der Waals surface area contributed by atoms with E-state index in [-0.39, 0.29) is 24.7 Å². The summed E-state index contributed by atoms with van der Waals surface area (Å²) in [6, 6.07) is 7.32. The number of nitrogens with one attached hydrogen (secondary N) is 1. The molecule has 1 amide bonds. The van der Waals surface area contributed by atoms with Crippen molar-refractivity contribution < 1.29 is 28.9 Å². The predicted octanol–water partition coefficient (Wildman–Crippen LogP) is 3.66. The van der Waals surface area contributed by atoms with E-state index in [2.05, 4.69) is 5.32 Å². The summed E-state index contributed by atoms with van der Waals surface area (Å²) < 4.78 is 22.4. The molecule has 1 aromatic rings. The van der Waals surface area contributed by atoms with E-state index in [1.165, 1.54) is 12.2 Å².